The quantitative estimate of drug-likeness (QED) is 0.300. The van der Waals surface area contributed by atoms with E-state index >= 15 is 0 Å². The van der Waals surface area contributed by atoms with Crippen LogP contribution in [0.3, 0.4) is 0 Å². The highest BCUT2D eigenvalue weighted by atomic mass is 16.5. The normalized spacial score (nSPS) is 14.0. The molecule has 0 aliphatic carbocycles. The lowest BCUT2D eigenvalue weighted by molar-refractivity contribution is -0.142. The highest BCUT2D eigenvalue weighted by molar-refractivity contribution is 5.68. The summed E-state index contributed by atoms with van der Waals surface area (Å²) in [6.45, 7) is 5.88. The maximum absolute atomic E-state index is 10.7. The molecule has 0 spiro atoms. The van der Waals surface area contributed by atoms with Crippen molar-refractivity contribution in [2.75, 3.05) is 45.9 Å². The van der Waals surface area contributed by atoms with Crippen LogP contribution in [0.15, 0.2) is 48.5 Å². The van der Waals surface area contributed by atoms with Crippen LogP contribution in [-0.4, -0.2) is 84.4 Å². The van der Waals surface area contributed by atoms with Crippen molar-refractivity contribution in [3.05, 3.63) is 59.7 Å². The fourth-order valence-electron chi connectivity index (χ4n) is 3.68. The highest BCUT2D eigenvalue weighted by Crippen LogP contribution is 2.25. The standard InChI is InChI=1S/C23H29N3O5.CH3NO/c27-22(28)17-31-14-13-25-9-11-26(12-10-25)16-20-3-1-2-4-21(20)19-7-5-18(6-8-19)15-24-23(29)30;2-1-3/h1-8,24H,9-17H2,(H,27,28)(H,29,30);1H,(H2,2,3). The SMILES string of the molecule is NC=O.O=C(O)COCCN1CCN(Cc2ccccc2-c2ccc(CNC(=O)O)cc2)CC1. The summed E-state index contributed by atoms with van der Waals surface area (Å²) in [6, 6.07) is 16.3. The number of primary amides is 1. The van der Waals surface area contributed by atoms with E-state index in [1.54, 1.807) is 0 Å². The first kappa shape index (κ1) is 26.8. The minimum atomic E-state index is -1.03. The van der Waals surface area contributed by atoms with Crippen LogP contribution in [0.5, 0.6) is 0 Å². The van der Waals surface area contributed by atoms with E-state index < -0.39 is 12.1 Å². The van der Waals surface area contributed by atoms with Crippen molar-refractivity contribution in [1.82, 2.24) is 15.1 Å². The lowest BCUT2D eigenvalue weighted by atomic mass is 9.98. The van der Waals surface area contributed by atoms with Gasteiger partial charge in [0.25, 0.3) is 0 Å². The minimum Gasteiger partial charge on any atom is -0.480 e. The summed E-state index contributed by atoms with van der Waals surface area (Å²) in [6.07, 6.45) is -0.776. The zero-order valence-corrected chi connectivity index (χ0v) is 19.1. The number of carbonyl (C=O) groups is 3. The van der Waals surface area contributed by atoms with Gasteiger partial charge in [0.05, 0.1) is 6.61 Å². The molecular weight excluding hydrogens is 440 g/mol. The number of nitrogens with zero attached hydrogens (tertiary/aromatic N) is 2. The second-order valence-corrected chi connectivity index (χ2v) is 7.71. The molecule has 1 fully saturated rings. The maximum Gasteiger partial charge on any atom is 0.404 e. The number of hydrogen-bond donors (Lipinski definition) is 4. The van der Waals surface area contributed by atoms with Crippen molar-refractivity contribution >= 4 is 18.5 Å². The van der Waals surface area contributed by atoms with E-state index in [1.165, 1.54) is 11.1 Å². The molecule has 2 aromatic rings. The van der Waals surface area contributed by atoms with E-state index in [0.717, 1.165) is 50.4 Å². The molecule has 0 atom stereocenters. The Morgan fingerprint density at radius 3 is 2.24 bits per heavy atom. The summed E-state index contributed by atoms with van der Waals surface area (Å²) in [5.41, 5.74) is 8.65. The van der Waals surface area contributed by atoms with Crippen molar-refractivity contribution in [1.29, 1.82) is 0 Å². The Kier molecular flexibility index (Phi) is 11.5. The average Bonchev–Trinajstić information content (AvgIpc) is 2.83. The van der Waals surface area contributed by atoms with Gasteiger partial charge in [0.15, 0.2) is 0 Å². The molecular formula is C24H32N4O6. The predicted octanol–water partition coefficient (Wildman–Crippen LogP) is 1.44. The second kappa shape index (κ2) is 14.6. The Morgan fingerprint density at radius 1 is 1.00 bits per heavy atom. The third-order valence-electron chi connectivity index (χ3n) is 5.36. The van der Waals surface area contributed by atoms with Crippen LogP contribution in [0.25, 0.3) is 11.1 Å². The molecule has 184 valence electrons. The molecule has 1 heterocycles. The number of carboxylic acid groups (broad SMARTS) is 2. The van der Waals surface area contributed by atoms with Gasteiger partial charge in [-0.3, -0.25) is 14.6 Å². The summed E-state index contributed by atoms with van der Waals surface area (Å²) in [4.78, 5) is 34.5. The van der Waals surface area contributed by atoms with Crippen molar-refractivity contribution in [3.8, 4) is 11.1 Å². The topological polar surface area (TPSA) is 145 Å². The molecule has 2 aromatic carbocycles. The van der Waals surface area contributed by atoms with Gasteiger partial charge in [-0.2, -0.15) is 0 Å². The Bertz CT molecular complexity index is 914. The Labute approximate surface area is 198 Å². The van der Waals surface area contributed by atoms with Crippen molar-refractivity contribution < 1.29 is 29.3 Å². The zero-order valence-electron chi connectivity index (χ0n) is 19.1. The molecule has 1 aliphatic rings. The van der Waals surface area contributed by atoms with Crippen LogP contribution in [-0.2, 0) is 27.4 Å². The van der Waals surface area contributed by atoms with Crippen molar-refractivity contribution in [2.45, 2.75) is 13.1 Å². The first-order valence-corrected chi connectivity index (χ1v) is 11.0. The number of piperazine rings is 1. The molecule has 0 unspecified atom stereocenters. The van der Waals surface area contributed by atoms with Gasteiger partial charge in [0, 0.05) is 45.8 Å². The van der Waals surface area contributed by atoms with Gasteiger partial charge in [0.2, 0.25) is 6.41 Å². The summed E-state index contributed by atoms with van der Waals surface area (Å²) in [7, 11) is 0. The monoisotopic (exact) mass is 472 g/mol. The van der Waals surface area contributed by atoms with Gasteiger partial charge in [-0.1, -0.05) is 48.5 Å². The number of rotatable bonds is 10. The smallest absolute Gasteiger partial charge is 0.404 e. The number of benzene rings is 2. The molecule has 0 saturated carbocycles. The van der Waals surface area contributed by atoms with E-state index in [1.807, 2.05) is 30.3 Å². The van der Waals surface area contributed by atoms with Crippen LogP contribution in [0.4, 0.5) is 4.79 Å². The summed E-state index contributed by atoms with van der Waals surface area (Å²) in [5.74, 6) is -0.935. The third kappa shape index (κ3) is 9.57. The van der Waals surface area contributed by atoms with Crippen LogP contribution in [0.2, 0.25) is 0 Å². The molecule has 34 heavy (non-hydrogen) atoms. The van der Waals surface area contributed by atoms with Crippen LogP contribution < -0.4 is 11.1 Å². The largest absolute Gasteiger partial charge is 0.480 e. The zero-order chi connectivity index (χ0) is 24.8. The number of nitrogens with two attached hydrogens (primary N) is 1. The lowest BCUT2D eigenvalue weighted by Gasteiger charge is -2.35. The maximum atomic E-state index is 10.7. The molecule has 3 rings (SSSR count). The number of nitrogens with one attached hydrogen (secondary N) is 1. The molecule has 2 amide bonds. The fourth-order valence-corrected chi connectivity index (χ4v) is 3.68. The van der Waals surface area contributed by atoms with Crippen LogP contribution >= 0.6 is 0 Å². The molecule has 0 radical (unpaired) electrons. The summed E-state index contributed by atoms with van der Waals surface area (Å²) in [5, 5.41) is 19.7. The number of aliphatic carboxylic acids is 1. The average molecular weight is 473 g/mol. The minimum absolute atomic E-state index is 0.242. The number of carboxylic acids is 1. The van der Waals surface area contributed by atoms with Crippen LogP contribution in [0, 0.1) is 0 Å². The predicted molar refractivity (Wildman–Crippen MR) is 127 cm³/mol. The first-order valence-electron chi connectivity index (χ1n) is 11.0. The Morgan fingerprint density at radius 2 is 1.62 bits per heavy atom. The van der Waals surface area contributed by atoms with Gasteiger partial charge < -0.3 is 26.0 Å². The summed E-state index contributed by atoms with van der Waals surface area (Å²) >= 11 is 0. The molecule has 5 N–H and O–H groups in total. The molecule has 10 nitrogen and oxygen atoms in total. The highest BCUT2D eigenvalue weighted by Gasteiger charge is 2.18. The van der Waals surface area contributed by atoms with Crippen molar-refractivity contribution in [2.24, 2.45) is 5.73 Å². The first-order chi connectivity index (χ1) is 16.4. The van der Waals surface area contributed by atoms with E-state index in [0.29, 0.717) is 13.2 Å². The van der Waals surface area contributed by atoms with Gasteiger partial charge in [-0.05, 0) is 22.3 Å². The van der Waals surface area contributed by atoms with Gasteiger partial charge in [0.1, 0.15) is 6.61 Å². The number of ether oxygens (including phenoxy) is 1. The number of carbonyl (C=O) groups excluding carboxylic acids is 1. The molecule has 1 aliphatic heterocycles. The van der Waals surface area contributed by atoms with Gasteiger partial charge in [-0.25, -0.2) is 9.59 Å². The Hall–Kier alpha value is -3.47. The number of hydrogen-bond acceptors (Lipinski definition) is 6. The van der Waals surface area contributed by atoms with Gasteiger partial charge >= 0.3 is 12.1 Å². The van der Waals surface area contributed by atoms with E-state index in [4.69, 9.17) is 19.7 Å². The Balaban J connectivity index is 0.00000129. The molecule has 0 aromatic heterocycles. The van der Waals surface area contributed by atoms with E-state index in [-0.39, 0.29) is 13.0 Å². The van der Waals surface area contributed by atoms with E-state index in [2.05, 4.69) is 39.0 Å². The second-order valence-electron chi connectivity index (χ2n) is 7.71. The molecule has 0 bridgehead atoms. The van der Waals surface area contributed by atoms with Crippen molar-refractivity contribution in [3.63, 3.8) is 0 Å². The molecule has 1 saturated heterocycles. The van der Waals surface area contributed by atoms with E-state index in [9.17, 15) is 9.59 Å². The van der Waals surface area contributed by atoms with Crippen LogP contribution in [0.1, 0.15) is 11.1 Å². The molecule has 10 heteroatoms. The van der Waals surface area contributed by atoms with Gasteiger partial charge in [-0.15, -0.1) is 0 Å². The third-order valence-corrected chi connectivity index (χ3v) is 5.36. The lowest BCUT2D eigenvalue weighted by Crippen LogP contribution is -2.46. The summed E-state index contributed by atoms with van der Waals surface area (Å²) < 4.78 is 5.13. The fraction of sp³-hybridized carbons (Fsp3) is 0.375. The number of amides is 2.